The number of thiophene rings is 1. The Morgan fingerprint density at radius 1 is 0.906 bits per heavy atom. The van der Waals surface area contributed by atoms with Crippen LogP contribution in [0.25, 0.3) is 0 Å². The highest BCUT2D eigenvalue weighted by Gasteiger charge is 2.20. The van der Waals surface area contributed by atoms with Crippen LogP contribution >= 0.6 is 11.3 Å². The normalized spacial score (nSPS) is 14.1. The van der Waals surface area contributed by atoms with Gasteiger partial charge in [0.1, 0.15) is 11.5 Å². The van der Waals surface area contributed by atoms with E-state index in [1.165, 1.54) is 58.9 Å². The third-order valence-corrected chi connectivity index (χ3v) is 8.22. The van der Waals surface area contributed by atoms with Crippen molar-refractivity contribution in [3.05, 3.63) is 75.4 Å². The fourth-order valence-electron chi connectivity index (χ4n) is 3.67. The van der Waals surface area contributed by atoms with Gasteiger partial charge in [-0.3, -0.25) is 20.4 Å². The molecule has 2 amide bonds. The molecule has 0 atom stereocenters. The van der Waals surface area contributed by atoms with Crippen molar-refractivity contribution in [1.82, 2.24) is 10.9 Å². The predicted octanol–water partition coefficient (Wildman–Crippen LogP) is 4.05. The highest BCUT2D eigenvalue weighted by atomic mass is 32.2. The van der Waals surface area contributed by atoms with Crippen molar-refractivity contribution in [2.24, 2.45) is 0 Å². The number of sulfone groups is 1. The summed E-state index contributed by atoms with van der Waals surface area (Å²) in [5, 5.41) is 0. The molecule has 1 aromatic carbocycles. The Kier molecular flexibility index (Phi) is 6.76. The molecule has 2 N–H and O–H groups in total. The number of benzene rings is 1. The maximum absolute atomic E-state index is 12.5. The summed E-state index contributed by atoms with van der Waals surface area (Å²) in [6.45, 7) is 0. The average molecular weight is 473 g/mol. The summed E-state index contributed by atoms with van der Waals surface area (Å²) >= 11 is 1.47. The molecule has 2 heterocycles. The van der Waals surface area contributed by atoms with Crippen molar-refractivity contribution in [2.45, 2.75) is 49.2 Å². The van der Waals surface area contributed by atoms with E-state index in [-0.39, 0.29) is 28.1 Å². The molecule has 0 unspecified atom stereocenters. The van der Waals surface area contributed by atoms with E-state index in [9.17, 15) is 18.0 Å². The van der Waals surface area contributed by atoms with Gasteiger partial charge in [-0.1, -0.05) is 31.0 Å². The molecule has 7 nitrogen and oxygen atoms in total. The SMILES string of the molecule is O=C(NNC(=O)c1cc2c(s1)CCCCCC2)c1ccc(CS(=O)(=O)c2ccccc2)o1. The number of furan rings is 1. The number of carbonyl (C=O) groups excluding carboxylic acids is 2. The van der Waals surface area contributed by atoms with E-state index in [0.717, 1.165) is 25.7 Å². The van der Waals surface area contributed by atoms with Gasteiger partial charge in [0, 0.05) is 4.88 Å². The minimum Gasteiger partial charge on any atom is -0.455 e. The largest absolute Gasteiger partial charge is 0.455 e. The van der Waals surface area contributed by atoms with E-state index >= 15 is 0 Å². The van der Waals surface area contributed by atoms with Crippen LogP contribution in [0.1, 0.15) is 62.1 Å². The minimum atomic E-state index is -3.59. The second kappa shape index (κ2) is 9.70. The first-order chi connectivity index (χ1) is 15.4. The third kappa shape index (κ3) is 5.28. The van der Waals surface area contributed by atoms with E-state index in [0.29, 0.717) is 4.88 Å². The lowest BCUT2D eigenvalue weighted by Crippen LogP contribution is -2.41. The molecule has 0 saturated heterocycles. The van der Waals surface area contributed by atoms with E-state index < -0.39 is 15.7 Å². The van der Waals surface area contributed by atoms with Crippen LogP contribution in [0.4, 0.5) is 0 Å². The lowest BCUT2D eigenvalue weighted by molar-refractivity contribution is 0.0832. The van der Waals surface area contributed by atoms with Crippen LogP contribution < -0.4 is 10.9 Å². The van der Waals surface area contributed by atoms with E-state index in [4.69, 9.17) is 4.42 Å². The first-order valence-electron chi connectivity index (χ1n) is 10.5. The zero-order chi connectivity index (χ0) is 22.6. The summed E-state index contributed by atoms with van der Waals surface area (Å²) in [6.07, 6.45) is 6.65. The summed E-state index contributed by atoms with van der Waals surface area (Å²) in [4.78, 5) is 26.8. The van der Waals surface area contributed by atoms with Crippen LogP contribution in [-0.2, 0) is 28.4 Å². The number of fused-ring (bicyclic) bond motifs is 1. The van der Waals surface area contributed by atoms with Gasteiger partial charge < -0.3 is 4.42 Å². The monoisotopic (exact) mass is 472 g/mol. The molecule has 1 aliphatic rings. The highest BCUT2D eigenvalue weighted by Crippen LogP contribution is 2.28. The van der Waals surface area contributed by atoms with Crippen molar-refractivity contribution in [3.8, 4) is 0 Å². The van der Waals surface area contributed by atoms with Crippen molar-refractivity contribution in [1.29, 1.82) is 0 Å². The molecule has 168 valence electrons. The summed E-state index contributed by atoms with van der Waals surface area (Å²) < 4.78 is 30.3. The quantitative estimate of drug-likeness (QED) is 0.545. The number of amides is 2. The molecule has 4 rings (SSSR count). The lowest BCUT2D eigenvalue weighted by atomic mass is 10.00. The highest BCUT2D eigenvalue weighted by molar-refractivity contribution is 7.90. The average Bonchev–Trinajstić information content (AvgIpc) is 3.39. The fraction of sp³-hybridized carbons (Fsp3) is 0.304. The summed E-state index contributed by atoms with van der Waals surface area (Å²) in [5.74, 6) is -1.34. The van der Waals surface area contributed by atoms with Gasteiger partial charge in [0.15, 0.2) is 15.6 Å². The molecule has 0 aliphatic heterocycles. The molecule has 0 spiro atoms. The van der Waals surface area contributed by atoms with E-state index in [2.05, 4.69) is 10.9 Å². The van der Waals surface area contributed by atoms with Gasteiger partial charge in [0.05, 0.1) is 9.77 Å². The van der Waals surface area contributed by atoms with E-state index in [1.54, 1.807) is 18.2 Å². The number of rotatable bonds is 5. The van der Waals surface area contributed by atoms with Crippen LogP contribution in [-0.4, -0.2) is 20.2 Å². The van der Waals surface area contributed by atoms with Gasteiger partial charge in [0.2, 0.25) is 0 Å². The standard InChI is InChI=1S/C23H24N2O5S2/c26-22(19-13-12-17(30-19)15-32(28,29)18-9-5-3-6-10-18)24-25-23(27)21-14-16-8-4-1-2-7-11-20(16)31-21/h3,5-6,9-10,12-14H,1-2,4,7-8,11,15H2,(H,24,26)(H,25,27). The molecular formula is C23H24N2O5S2. The smallest absolute Gasteiger partial charge is 0.305 e. The Hall–Kier alpha value is -2.91. The molecule has 0 fully saturated rings. The van der Waals surface area contributed by atoms with Crippen LogP contribution in [0, 0.1) is 0 Å². The molecule has 9 heteroatoms. The maximum Gasteiger partial charge on any atom is 0.305 e. The first-order valence-corrected chi connectivity index (χ1v) is 13.0. The van der Waals surface area contributed by atoms with Gasteiger partial charge in [-0.05, 0) is 61.6 Å². The van der Waals surface area contributed by atoms with Crippen LogP contribution in [0.5, 0.6) is 0 Å². The Balaban J connectivity index is 1.35. The molecule has 32 heavy (non-hydrogen) atoms. The number of hydrogen-bond donors (Lipinski definition) is 2. The second-order valence-corrected chi connectivity index (χ2v) is 10.8. The van der Waals surface area contributed by atoms with Crippen molar-refractivity contribution < 1.29 is 22.4 Å². The topological polar surface area (TPSA) is 105 Å². The van der Waals surface area contributed by atoms with Gasteiger partial charge in [0.25, 0.3) is 5.91 Å². The third-order valence-electron chi connectivity index (χ3n) is 5.33. The zero-order valence-corrected chi connectivity index (χ0v) is 19.1. The number of nitrogens with one attached hydrogen (secondary N) is 2. The molecular weight excluding hydrogens is 448 g/mol. The fourth-order valence-corrected chi connectivity index (χ4v) is 6.09. The van der Waals surface area contributed by atoms with Crippen molar-refractivity contribution >= 4 is 33.0 Å². The Morgan fingerprint density at radius 2 is 1.62 bits per heavy atom. The first kappa shape index (κ1) is 22.3. The second-order valence-electron chi connectivity index (χ2n) is 7.72. The molecule has 0 bridgehead atoms. The number of hydrogen-bond acceptors (Lipinski definition) is 6. The van der Waals surface area contributed by atoms with Crippen molar-refractivity contribution in [2.75, 3.05) is 0 Å². The van der Waals surface area contributed by atoms with Gasteiger partial charge in [-0.25, -0.2) is 8.42 Å². The zero-order valence-electron chi connectivity index (χ0n) is 17.4. The maximum atomic E-state index is 12.5. The Morgan fingerprint density at radius 3 is 2.41 bits per heavy atom. The lowest BCUT2D eigenvalue weighted by Gasteiger charge is -2.07. The summed E-state index contributed by atoms with van der Waals surface area (Å²) in [5.41, 5.74) is 5.97. The van der Waals surface area contributed by atoms with Crippen LogP contribution in [0.3, 0.4) is 0 Å². The molecule has 2 aromatic heterocycles. The van der Waals surface area contributed by atoms with Gasteiger partial charge in [-0.15, -0.1) is 11.3 Å². The molecule has 0 saturated carbocycles. The molecule has 3 aromatic rings. The summed E-state index contributed by atoms with van der Waals surface area (Å²) in [7, 11) is -3.59. The van der Waals surface area contributed by atoms with Crippen LogP contribution in [0.15, 0.2) is 57.8 Å². The number of hydrazine groups is 1. The Labute approximate surface area is 190 Å². The van der Waals surface area contributed by atoms with Crippen molar-refractivity contribution in [3.63, 3.8) is 0 Å². The summed E-state index contributed by atoms with van der Waals surface area (Å²) in [6, 6.07) is 12.8. The molecule has 0 radical (unpaired) electrons. The van der Waals surface area contributed by atoms with Crippen LogP contribution in [0.2, 0.25) is 0 Å². The number of aryl methyl sites for hydroxylation is 2. The Bertz CT molecular complexity index is 1190. The van der Waals surface area contributed by atoms with Gasteiger partial charge in [-0.2, -0.15) is 0 Å². The number of carbonyl (C=O) groups is 2. The van der Waals surface area contributed by atoms with E-state index in [1.807, 2.05) is 6.07 Å². The predicted molar refractivity (Wildman–Crippen MR) is 121 cm³/mol. The molecule has 1 aliphatic carbocycles. The van der Waals surface area contributed by atoms with Gasteiger partial charge >= 0.3 is 5.91 Å². The minimum absolute atomic E-state index is 0.0815.